The minimum atomic E-state index is -1.09. The molecule has 0 bridgehead atoms. The Bertz CT molecular complexity index is 1220. The van der Waals surface area contributed by atoms with E-state index in [9.17, 15) is 24.5 Å². The van der Waals surface area contributed by atoms with Crippen LogP contribution in [0, 0.1) is 10.1 Å². The molecule has 0 fully saturated rings. The second kappa shape index (κ2) is 8.62. The number of para-hydroxylation sites is 1. The van der Waals surface area contributed by atoms with Crippen LogP contribution in [0.25, 0.3) is 11.0 Å². The van der Waals surface area contributed by atoms with Crippen molar-refractivity contribution in [1.29, 1.82) is 0 Å². The zero-order chi connectivity index (χ0) is 21.8. The number of nitro groups is 1. The Balaban J connectivity index is 1.73. The third kappa shape index (κ3) is 4.39. The Morgan fingerprint density at radius 1 is 1.23 bits per heavy atom. The zero-order valence-electron chi connectivity index (χ0n) is 15.3. The van der Waals surface area contributed by atoms with Gasteiger partial charge in [-0.2, -0.15) is 0 Å². The van der Waals surface area contributed by atoms with Crippen molar-refractivity contribution in [3.8, 4) is 5.75 Å². The van der Waals surface area contributed by atoms with Crippen LogP contribution in [0.1, 0.15) is 10.4 Å². The Kier molecular flexibility index (Phi) is 5.98. The number of carbonyl (C=O) groups excluding carboxylic acids is 2. The van der Waals surface area contributed by atoms with Gasteiger partial charge in [-0.25, -0.2) is 9.59 Å². The summed E-state index contributed by atoms with van der Waals surface area (Å²) in [5.74, 6) is -1.62. The number of benzene rings is 2. The van der Waals surface area contributed by atoms with Gasteiger partial charge in [0.05, 0.1) is 12.0 Å². The van der Waals surface area contributed by atoms with Gasteiger partial charge in [-0.3, -0.25) is 14.9 Å². The number of methoxy groups -OCH3 is 1. The van der Waals surface area contributed by atoms with Crippen molar-refractivity contribution >= 4 is 45.8 Å². The van der Waals surface area contributed by atoms with E-state index in [-0.39, 0.29) is 16.3 Å². The predicted molar refractivity (Wildman–Crippen MR) is 106 cm³/mol. The van der Waals surface area contributed by atoms with Crippen molar-refractivity contribution in [3.05, 3.63) is 73.6 Å². The molecule has 3 rings (SSSR count). The fraction of sp³-hybridized carbons (Fsp3) is 0.105. The molecule has 30 heavy (non-hydrogen) atoms. The van der Waals surface area contributed by atoms with Crippen LogP contribution in [-0.2, 0) is 9.53 Å². The Morgan fingerprint density at radius 2 is 2.00 bits per heavy atom. The lowest BCUT2D eigenvalue weighted by molar-refractivity contribution is -0.383. The zero-order valence-corrected chi connectivity index (χ0v) is 16.1. The Morgan fingerprint density at radius 3 is 2.70 bits per heavy atom. The van der Waals surface area contributed by atoms with Gasteiger partial charge in [0.25, 0.3) is 11.6 Å². The van der Waals surface area contributed by atoms with Crippen molar-refractivity contribution in [2.45, 2.75) is 0 Å². The largest absolute Gasteiger partial charge is 0.493 e. The number of carbonyl (C=O) groups is 2. The number of ether oxygens (including phenoxy) is 2. The van der Waals surface area contributed by atoms with Crippen LogP contribution in [0.15, 0.2) is 51.7 Å². The Hall–Kier alpha value is -3.92. The quantitative estimate of drug-likeness (QED) is 0.271. The lowest BCUT2D eigenvalue weighted by atomic mass is 10.2. The average Bonchev–Trinajstić information content (AvgIpc) is 2.72. The van der Waals surface area contributed by atoms with Crippen molar-refractivity contribution < 1.29 is 28.4 Å². The minimum Gasteiger partial charge on any atom is -0.493 e. The number of halogens is 1. The number of anilines is 1. The number of amides is 1. The molecule has 1 aromatic heterocycles. The first-order chi connectivity index (χ1) is 14.3. The number of fused-ring (bicyclic) bond motifs is 1. The second-order valence-corrected chi connectivity index (χ2v) is 6.31. The monoisotopic (exact) mass is 432 g/mol. The summed E-state index contributed by atoms with van der Waals surface area (Å²) in [6.45, 7) is -0.784. The van der Waals surface area contributed by atoms with Gasteiger partial charge in [-0.15, -0.1) is 0 Å². The highest BCUT2D eigenvalue weighted by Gasteiger charge is 2.20. The fourth-order valence-corrected chi connectivity index (χ4v) is 2.74. The minimum absolute atomic E-state index is 0.116. The molecule has 0 spiro atoms. The topological polar surface area (TPSA) is 138 Å². The first-order valence-corrected chi connectivity index (χ1v) is 8.69. The summed E-state index contributed by atoms with van der Waals surface area (Å²) >= 11 is 5.71. The molecule has 3 aromatic rings. The van der Waals surface area contributed by atoms with Crippen LogP contribution in [0.2, 0.25) is 5.02 Å². The molecule has 0 saturated carbocycles. The van der Waals surface area contributed by atoms with Gasteiger partial charge in [0, 0.05) is 16.5 Å². The predicted octanol–water partition coefficient (Wildman–Crippen LogP) is 3.16. The maximum Gasteiger partial charge on any atom is 0.351 e. The number of nitrogens with zero attached hydrogens (tertiary/aromatic N) is 1. The van der Waals surface area contributed by atoms with Gasteiger partial charge in [0.15, 0.2) is 17.9 Å². The van der Waals surface area contributed by atoms with Crippen LogP contribution in [-0.4, -0.2) is 30.5 Å². The maximum atomic E-state index is 12.2. The average molecular weight is 433 g/mol. The highest BCUT2D eigenvalue weighted by molar-refractivity contribution is 6.31. The molecule has 0 aliphatic rings. The maximum absolute atomic E-state index is 12.2. The third-order valence-electron chi connectivity index (χ3n) is 3.93. The smallest absolute Gasteiger partial charge is 0.351 e. The number of nitrogens with one attached hydrogen (secondary N) is 1. The van der Waals surface area contributed by atoms with E-state index in [0.29, 0.717) is 11.1 Å². The van der Waals surface area contributed by atoms with Crippen LogP contribution in [0.5, 0.6) is 5.75 Å². The summed E-state index contributed by atoms with van der Waals surface area (Å²) in [5.41, 5.74) is -1.77. The van der Waals surface area contributed by atoms with Crippen LogP contribution >= 0.6 is 11.6 Å². The van der Waals surface area contributed by atoms with Crippen LogP contribution in [0.4, 0.5) is 11.4 Å². The van der Waals surface area contributed by atoms with Crippen LogP contribution < -0.4 is 15.7 Å². The summed E-state index contributed by atoms with van der Waals surface area (Å²) in [6.07, 6.45) is 0. The van der Waals surface area contributed by atoms with Crippen molar-refractivity contribution in [2.75, 3.05) is 19.0 Å². The summed E-state index contributed by atoms with van der Waals surface area (Å²) < 4.78 is 15.1. The van der Waals surface area contributed by atoms with Gasteiger partial charge in [-0.05, 0) is 24.3 Å². The van der Waals surface area contributed by atoms with E-state index < -0.39 is 40.3 Å². The number of hydrogen-bond donors (Lipinski definition) is 1. The van der Waals surface area contributed by atoms with Crippen molar-refractivity contribution in [3.63, 3.8) is 0 Å². The summed E-state index contributed by atoms with van der Waals surface area (Å²) in [6, 6.07) is 9.75. The van der Waals surface area contributed by atoms with E-state index in [1.807, 2.05) is 0 Å². The lowest BCUT2D eigenvalue weighted by Gasteiger charge is -2.08. The summed E-state index contributed by atoms with van der Waals surface area (Å²) in [5, 5.41) is 13.8. The van der Waals surface area contributed by atoms with Gasteiger partial charge < -0.3 is 19.2 Å². The highest BCUT2D eigenvalue weighted by atomic mass is 35.5. The van der Waals surface area contributed by atoms with E-state index in [1.165, 1.54) is 25.3 Å². The van der Waals surface area contributed by atoms with Crippen molar-refractivity contribution in [1.82, 2.24) is 0 Å². The highest BCUT2D eigenvalue weighted by Crippen LogP contribution is 2.28. The third-order valence-corrected chi connectivity index (χ3v) is 4.16. The number of esters is 1. The first-order valence-electron chi connectivity index (χ1n) is 8.32. The standard InChI is InChI=1S/C19H13ClN2O8/c1-28-15-4-2-3-10-7-12(19(25)30-17(10)15)18(24)29-9-16(23)21-13-6-5-11(20)8-14(13)22(26)27/h2-8H,9H2,1H3,(H,21,23). The van der Waals surface area contributed by atoms with Gasteiger partial charge >= 0.3 is 11.6 Å². The number of hydrogen-bond acceptors (Lipinski definition) is 8. The van der Waals surface area contributed by atoms with E-state index in [2.05, 4.69) is 5.32 Å². The SMILES string of the molecule is COc1cccc2cc(C(=O)OCC(=O)Nc3ccc(Cl)cc3[N+](=O)[O-])c(=O)oc12. The molecular weight excluding hydrogens is 420 g/mol. The molecule has 0 unspecified atom stereocenters. The molecule has 1 heterocycles. The van der Waals surface area contributed by atoms with Gasteiger partial charge in [0.2, 0.25) is 0 Å². The second-order valence-electron chi connectivity index (χ2n) is 5.87. The van der Waals surface area contributed by atoms with Gasteiger partial charge in [-0.1, -0.05) is 23.7 Å². The number of rotatable bonds is 6. The fourth-order valence-electron chi connectivity index (χ4n) is 2.58. The van der Waals surface area contributed by atoms with E-state index in [4.69, 9.17) is 25.5 Å². The van der Waals surface area contributed by atoms with Crippen molar-refractivity contribution in [2.24, 2.45) is 0 Å². The van der Waals surface area contributed by atoms with Gasteiger partial charge in [0.1, 0.15) is 11.3 Å². The molecule has 1 amide bonds. The van der Waals surface area contributed by atoms with E-state index >= 15 is 0 Å². The molecule has 1 N–H and O–H groups in total. The molecule has 0 radical (unpaired) electrons. The van der Waals surface area contributed by atoms with E-state index in [1.54, 1.807) is 18.2 Å². The molecule has 10 nitrogen and oxygen atoms in total. The Labute approximate surface area is 173 Å². The number of nitro benzene ring substituents is 1. The molecule has 11 heteroatoms. The van der Waals surface area contributed by atoms with E-state index in [0.717, 1.165) is 6.07 Å². The normalized spacial score (nSPS) is 10.5. The van der Waals surface area contributed by atoms with Crippen LogP contribution in [0.3, 0.4) is 0 Å². The molecule has 0 atom stereocenters. The molecule has 0 aliphatic heterocycles. The molecule has 0 aliphatic carbocycles. The summed E-state index contributed by atoms with van der Waals surface area (Å²) in [4.78, 5) is 46.7. The molecular formula is C19H13ClN2O8. The molecule has 2 aromatic carbocycles. The molecule has 0 saturated heterocycles. The summed E-state index contributed by atoms with van der Waals surface area (Å²) in [7, 11) is 1.40. The first kappa shape index (κ1) is 20.8. The lowest BCUT2D eigenvalue weighted by Crippen LogP contribution is -2.24. The molecule has 154 valence electrons.